The molecule has 1 N–H and O–H groups in total. The van der Waals surface area contributed by atoms with Crippen LogP contribution in [0.3, 0.4) is 0 Å². The lowest BCUT2D eigenvalue weighted by atomic mass is 9.61. The van der Waals surface area contributed by atoms with Crippen molar-refractivity contribution >= 4 is 11.9 Å². The molecule has 4 saturated carbocycles. The van der Waals surface area contributed by atoms with E-state index in [1.165, 1.54) is 89.9 Å². The average molecular weight is 486 g/mol. The molecular formula is C30H51N3O2. The maximum Gasteiger partial charge on any atom is 0.326 e. The summed E-state index contributed by atoms with van der Waals surface area (Å²) < 4.78 is 0. The number of imide groups is 1. The molecule has 5 aliphatic rings. The zero-order chi connectivity index (χ0) is 24.4. The molecule has 198 valence electrons. The Morgan fingerprint density at radius 3 is 1.66 bits per heavy atom. The van der Waals surface area contributed by atoms with E-state index in [2.05, 4.69) is 24.1 Å². The van der Waals surface area contributed by atoms with Crippen molar-refractivity contribution in [2.24, 2.45) is 23.7 Å². The van der Waals surface area contributed by atoms with Gasteiger partial charge in [0.15, 0.2) is 0 Å². The van der Waals surface area contributed by atoms with E-state index in [1.54, 1.807) is 4.90 Å². The average Bonchev–Trinajstić information content (AvgIpc) is 3.13. The predicted octanol–water partition coefficient (Wildman–Crippen LogP) is 6.85. The van der Waals surface area contributed by atoms with E-state index in [4.69, 9.17) is 0 Å². The minimum atomic E-state index is -0.661. The third-order valence-electron chi connectivity index (χ3n) is 10.7. The number of nitrogens with zero attached hydrogens (tertiary/aromatic N) is 2. The van der Waals surface area contributed by atoms with Crippen LogP contribution in [0.2, 0.25) is 0 Å². The van der Waals surface area contributed by atoms with Crippen molar-refractivity contribution in [1.29, 1.82) is 0 Å². The van der Waals surface area contributed by atoms with Gasteiger partial charge in [-0.05, 0) is 75.0 Å². The number of hydrogen-bond donors (Lipinski definition) is 1. The minimum absolute atomic E-state index is 0.0944. The molecule has 5 nitrogen and oxygen atoms in total. The summed E-state index contributed by atoms with van der Waals surface area (Å²) in [5.41, 5.74) is -0.661. The Balaban J connectivity index is 1.42. The summed E-state index contributed by atoms with van der Waals surface area (Å²) in [4.78, 5) is 32.6. The van der Waals surface area contributed by atoms with Crippen molar-refractivity contribution in [1.82, 2.24) is 15.1 Å². The van der Waals surface area contributed by atoms with Gasteiger partial charge < -0.3 is 5.32 Å². The molecule has 1 saturated heterocycles. The van der Waals surface area contributed by atoms with Crippen molar-refractivity contribution in [2.45, 2.75) is 147 Å². The maximum absolute atomic E-state index is 14.6. The molecule has 35 heavy (non-hydrogen) atoms. The molecule has 1 aliphatic heterocycles. The number of rotatable bonds is 6. The Hall–Kier alpha value is -1.10. The highest BCUT2D eigenvalue weighted by molar-refractivity contribution is 6.07. The first-order chi connectivity index (χ1) is 17.0. The Kier molecular flexibility index (Phi) is 8.11. The highest BCUT2D eigenvalue weighted by Crippen LogP contribution is 2.48. The third-order valence-corrected chi connectivity index (χ3v) is 10.7. The van der Waals surface area contributed by atoms with Crippen LogP contribution in [0.4, 0.5) is 4.79 Å². The van der Waals surface area contributed by atoms with Crippen LogP contribution in [0, 0.1) is 23.7 Å². The van der Waals surface area contributed by atoms with Crippen LogP contribution in [0.25, 0.3) is 0 Å². The van der Waals surface area contributed by atoms with Crippen LogP contribution < -0.4 is 5.32 Å². The number of nitrogens with one attached hydrogen (secondary N) is 1. The molecule has 4 atom stereocenters. The highest BCUT2D eigenvalue weighted by Gasteiger charge is 2.60. The van der Waals surface area contributed by atoms with E-state index in [0.717, 1.165) is 25.7 Å². The first-order valence-electron chi connectivity index (χ1n) is 15.4. The van der Waals surface area contributed by atoms with Crippen molar-refractivity contribution in [3.8, 4) is 0 Å². The van der Waals surface area contributed by atoms with Gasteiger partial charge in [-0.3, -0.25) is 9.69 Å². The second-order valence-electron chi connectivity index (χ2n) is 13.2. The van der Waals surface area contributed by atoms with Crippen LogP contribution in [0.1, 0.15) is 129 Å². The zero-order valence-electron chi connectivity index (χ0n) is 22.6. The maximum atomic E-state index is 14.6. The summed E-state index contributed by atoms with van der Waals surface area (Å²) in [6.07, 6.45) is 22.0. The molecule has 0 aromatic rings. The largest absolute Gasteiger partial charge is 0.326 e. The lowest BCUT2D eigenvalue weighted by molar-refractivity contribution is -0.140. The molecule has 0 spiro atoms. The van der Waals surface area contributed by atoms with E-state index in [-0.39, 0.29) is 11.9 Å². The quantitative estimate of drug-likeness (QED) is 0.418. The Bertz CT molecular complexity index is 702. The Morgan fingerprint density at radius 1 is 0.714 bits per heavy atom. The second-order valence-corrected chi connectivity index (χ2v) is 13.2. The standard InChI is InChI=1S/C30H51N3O2/c1-22-11-9-13-24(19-22)30(25-14-10-12-23(2)20-25)28(34)33(29(35)31-30)21-32(26-15-5-3-6-16-26)27-17-7-4-8-18-27/h22-27H,3-21H2,1-2H3,(H,31,35). The van der Waals surface area contributed by atoms with Gasteiger partial charge >= 0.3 is 6.03 Å². The zero-order valence-corrected chi connectivity index (χ0v) is 22.6. The van der Waals surface area contributed by atoms with E-state index >= 15 is 0 Å². The molecule has 5 rings (SSSR count). The van der Waals surface area contributed by atoms with E-state index < -0.39 is 5.54 Å². The van der Waals surface area contributed by atoms with Crippen LogP contribution in [-0.2, 0) is 4.79 Å². The fraction of sp³-hybridized carbons (Fsp3) is 0.933. The van der Waals surface area contributed by atoms with Crippen LogP contribution in [0.5, 0.6) is 0 Å². The molecule has 0 bridgehead atoms. The molecule has 5 fully saturated rings. The van der Waals surface area contributed by atoms with Gasteiger partial charge in [0.1, 0.15) is 5.54 Å². The lowest BCUT2D eigenvalue weighted by Gasteiger charge is -2.47. The van der Waals surface area contributed by atoms with Gasteiger partial charge in [-0.2, -0.15) is 0 Å². The summed E-state index contributed by atoms with van der Waals surface area (Å²) in [5.74, 6) is 2.01. The Labute approximate surface area is 214 Å². The highest BCUT2D eigenvalue weighted by atomic mass is 16.2. The summed E-state index contributed by atoms with van der Waals surface area (Å²) >= 11 is 0. The molecule has 4 unspecified atom stereocenters. The van der Waals surface area contributed by atoms with Crippen molar-refractivity contribution < 1.29 is 9.59 Å². The Morgan fingerprint density at radius 2 is 1.20 bits per heavy atom. The van der Waals surface area contributed by atoms with E-state index in [1.807, 2.05) is 0 Å². The SMILES string of the molecule is CC1CCCC(C2(C3CCCC(C)C3)NC(=O)N(CN(C3CCCCC3)C3CCCCC3)C2=O)C1. The molecule has 1 heterocycles. The monoisotopic (exact) mass is 485 g/mol. The van der Waals surface area contributed by atoms with Crippen LogP contribution in [-0.4, -0.2) is 46.0 Å². The molecule has 3 amide bonds. The van der Waals surface area contributed by atoms with Crippen molar-refractivity contribution in [3.05, 3.63) is 0 Å². The van der Waals surface area contributed by atoms with Gasteiger partial charge in [0.25, 0.3) is 5.91 Å². The number of hydrogen-bond acceptors (Lipinski definition) is 3. The van der Waals surface area contributed by atoms with Crippen LogP contribution >= 0.6 is 0 Å². The summed E-state index contributed by atoms with van der Waals surface area (Å²) in [6, 6.07) is 0.974. The number of amides is 3. The molecule has 0 radical (unpaired) electrons. The summed E-state index contributed by atoms with van der Waals surface area (Å²) in [6.45, 7) is 5.21. The third kappa shape index (κ3) is 5.18. The molecule has 0 aromatic heterocycles. The summed E-state index contributed by atoms with van der Waals surface area (Å²) in [5, 5.41) is 3.47. The summed E-state index contributed by atoms with van der Waals surface area (Å²) in [7, 11) is 0. The first-order valence-corrected chi connectivity index (χ1v) is 15.4. The first kappa shape index (κ1) is 25.5. The predicted molar refractivity (Wildman–Crippen MR) is 141 cm³/mol. The fourth-order valence-electron chi connectivity index (χ4n) is 8.84. The smallest absolute Gasteiger partial charge is 0.322 e. The van der Waals surface area contributed by atoms with Gasteiger partial charge in [-0.1, -0.05) is 78.1 Å². The molecular weight excluding hydrogens is 434 g/mol. The number of urea groups is 1. The second kappa shape index (κ2) is 11.1. The van der Waals surface area contributed by atoms with Crippen molar-refractivity contribution in [3.63, 3.8) is 0 Å². The van der Waals surface area contributed by atoms with Gasteiger partial charge in [0, 0.05) is 12.1 Å². The van der Waals surface area contributed by atoms with Crippen molar-refractivity contribution in [2.75, 3.05) is 6.67 Å². The lowest BCUT2D eigenvalue weighted by Crippen LogP contribution is -2.60. The van der Waals surface area contributed by atoms with Gasteiger partial charge in [0.2, 0.25) is 0 Å². The molecule has 4 aliphatic carbocycles. The van der Waals surface area contributed by atoms with Gasteiger partial charge in [-0.15, -0.1) is 0 Å². The molecule has 0 aromatic carbocycles. The van der Waals surface area contributed by atoms with E-state index in [0.29, 0.717) is 42.4 Å². The van der Waals surface area contributed by atoms with E-state index in [9.17, 15) is 9.59 Å². The van der Waals surface area contributed by atoms with Gasteiger partial charge in [-0.25, -0.2) is 9.69 Å². The molecule has 5 heteroatoms. The van der Waals surface area contributed by atoms with Crippen LogP contribution in [0.15, 0.2) is 0 Å². The number of carbonyl (C=O) groups is 2. The fourth-order valence-corrected chi connectivity index (χ4v) is 8.84. The number of carbonyl (C=O) groups excluding carboxylic acids is 2. The topological polar surface area (TPSA) is 52.7 Å². The van der Waals surface area contributed by atoms with Gasteiger partial charge in [0.05, 0.1) is 6.67 Å². The normalized spacial score (nSPS) is 38.2. The minimum Gasteiger partial charge on any atom is -0.322 e.